The summed E-state index contributed by atoms with van der Waals surface area (Å²) in [6.07, 6.45) is 0. The maximum atomic E-state index is 11.7. The summed E-state index contributed by atoms with van der Waals surface area (Å²) in [4.78, 5) is 11.7. The number of benzene rings is 2. The van der Waals surface area contributed by atoms with E-state index in [4.69, 9.17) is 9.47 Å². The number of rotatable bonds is 2. The highest BCUT2D eigenvalue weighted by Crippen LogP contribution is 2.20. The minimum absolute atomic E-state index is 0.373. The maximum absolute atomic E-state index is 11.7. The van der Waals surface area contributed by atoms with Crippen molar-refractivity contribution in [3.63, 3.8) is 0 Å². The summed E-state index contributed by atoms with van der Waals surface area (Å²) in [5.74, 6) is 12.2. The van der Waals surface area contributed by atoms with E-state index in [0.29, 0.717) is 16.6 Å². The molecular formula is C20H15BrO3. The van der Waals surface area contributed by atoms with Gasteiger partial charge in [0.2, 0.25) is 0 Å². The zero-order valence-electron chi connectivity index (χ0n) is 13.4. The second-order valence-electron chi connectivity index (χ2n) is 4.67. The van der Waals surface area contributed by atoms with Crippen molar-refractivity contribution < 1.29 is 14.3 Å². The van der Waals surface area contributed by atoms with Crippen LogP contribution in [0.1, 0.15) is 27.0 Å². The van der Waals surface area contributed by atoms with Crippen LogP contribution in [0.3, 0.4) is 0 Å². The van der Waals surface area contributed by atoms with Crippen LogP contribution in [0.4, 0.5) is 0 Å². The predicted octanol–water partition coefficient (Wildman–Crippen LogP) is 3.63. The van der Waals surface area contributed by atoms with Gasteiger partial charge in [-0.25, -0.2) is 4.79 Å². The highest BCUT2D eigenvalue weighted by molar-refractivity contribution is 9.09. The van der Waals surface area contributed by atoms with E-state index in [1.54, 1.807) is 18.2 Å². The summed E-state index contributed by atoms with van der Waals surface area (Å²) in [6.45, 7) is 0. The Morgan fingerprint density at radius 1 is 1.00 bits per heavy atom. The van der Waals surface area contributed by atoms with Gasteiger partial charge in [0, 0.05) is 16.7 Å². The molecule has 4 heteroatoms. The highest BCUT2D eigenvalue weighted by Gasteiger charge is 2.12. The molecule has 2 rings (SSSR count). The lowest BCUT2D eigenvalue weighted by Crippen LogP contribution is -2.04. The molecule has 0 amide bonds. The summed E-state index contributed by atoms with van der Waals surface area (Å²) in [5, 5.41) is 0.634. The summed E-state index contributed by atoms with van der Waals surface area (Å²) < 4.78 is 9.96. The van der Waals surface area contributed by atoms with Crippen LogP contribution in [0, 0.1) is 23.7 Å². The summed E-state index contributed by atoms with van der Waals surface area (Å²) >= 11 is 3.28. The molecule has 0 spiro atoms. The van der Waals surface area contributed by atoms with Crippen LogP contribution in [-0.2, 0) is 4.74 Å². The van der Waals surface area contributed by atoms with Crippen molar-refractivity contribution in [3.8, 4) is 29.4 Å². The number of halogens is 1. The van der Waals surface area contributed by atoms with Gasteiger partial charge in [-0.05, 0) is 36.4 Å². The summed E-state index contributed by atoms with van der Waals surface area (Å²) in [6, 6.07) is 12.8. The molecule has 0 saturated carbocycles. The largest absolute Gasteiger partial charge is 0.496 e. The smallest absolute Gasteiger partial charge is 0.341 e. The number of alkyl halides is 1. The molecule has 0 radical (unpaired) electrons. The summed E-state index contributed by atoms with van der Waals surface area (Å²) in [7, 11) is 2.84. The minimum atomic E-state index is -0.440. The standard InChI is InChI=1S/C20H15BrO3/c1-23-19-14-17(10-11-18(19)20(22)24-2)9-8-16-6-3-5-15(13-16)7-4-12-21/h3,5-6,10-11,13-14H,12H2,1-2H3. The first kappa shape index (κ1) is 17.7. The van der Waals surface area contributed by atoms with E-state index in [2.05, 4.69) is 39.6 Å². The zero-order valence-corrected chi connectivity index (χ0v) is 14.9. The molecule has 3 nitrogen and oxygen atoms in total. The third-order valence-electron chi connectivity index (χ3n) is 3.12. The molecular weight excluding hydrogens is 368 g/mol. The Bertz CT molecular complexity index is 864. The Balaban J connectivity index is 2.29. The van der Waals surface area contributed by atoms with E-state index in [9.17, 15) is 4.79 Å². The molecule has 0 aliphatic carbocycles. The van der Waals surface area contributed by atoms with Gasteiger partial charge >= 0.3 is 5.97 Å². The number of carbonyl (C=O) groups excluding carboxylic acids is 1. The van der Waals surface area contributed by atoms with Gasteiger partial charge in [-0.15, -0.1) is 0 Å². The minimum Gasteiger partial charge on any atom is -0.496 e. The molecule has 2 aromatic carbocycles. The fourth-order valence-electron chi connectivity index (χ4n) is 2.00. The molecule has 2 aromatic rings. The van der Waals surface area contributed by atoms with E-state index >= 15 is 0 Å². The monoisotopic (exact) mass is 382 g/mol. The number of methoxy groups -OCH3 is 2. The number of esters is 1. The lowest BCUT2D eigenvalue weighted by molar-refractivity contribution is 0.0597. The number of hydrogen-bond acceptors (Lipinski definition) is 3. The number of carbonyl (C=O) groups is 1. The van der Waals surface area contributed by atoms with Crippen LogP contribution >= 0.6 is 15.9 Å². The van der Waals surface area contributed by atoms with Gasteiger partial charge in [0.1, 0.15) is 11.3 Å². The molecule has 24 heavy (non-hydrogen) atoms. The normalized spacial score (nSPS) is 9.12. The van der Waals surface area contributed by atoms with E-state index in [1.165, 1.54) is 14.2 Å². The van der Waals surface area contributed by atoms with Crippen molar-refractivity contribution in [2.45, 2.75) is 0 Å². The molecule has 120 valence electrons. The van der Waals surface area contributed by atoms with Gasteiger partial charge in [-0.2, -0.15) is 0 Å². The van der Waals surface area contributed by atoms with E-state index in [1.807, 2.05) is 24.3 Å². The van der Waals surface area contributed by atoms with Crippen molar-refractivity contribution in [1.29, 1.82) is 0 Å². The second kappa shape index (κ2) is 8.82. The van der Waals surface area contributed by atoms with E-state index < -0.39 is 5.97 Å². The second-order valence-corrected chi connectivity index (χ2v) is 5.23. The lowest BCUT2D eigenvalue weighted by Gasteiger charge is -2.06. The van der Waals surface area contributed by atoms with Gasteiger partial charge < -0.3 is 9.47 Å². The first-order valence-electron chi connectivity index (χ1n) is 7.11. The summed E-state index contributed by atoms with van der Waals surface area (Å²) in [5.41, 5.74) is 2.90. The fourth-order valence-corrected chi connectivity index (χ4v) is 2.14. The lowest BCUT2D eigenvalue weighted by atomic mass is 10.1. The van der Waals surface area contributed by atoms with E-state index in [-0.39, 0.29) is 0 Å². The van der Waals surface area contributed by atoms with Crippen molar-refractivity contribution in [2.75, 3.05) is 19.5 Å². The van der Waals surface area contributed by atoms with Gasteiger partial charge in [0.15, 0.2) is 0 Å². The molecule has 0 aliphatic heterocycles. The Morgan fingerprint density at radius 2 is 1.67 bits per heavy atom. The molecule has 0 saturated heterocycles. The molecule has 0 unspecified atom stereocenters. The predicted molar refractivity (Wildman–Crippen MR) is 97.4 cm³/mol. The topological polar surface area (TPSA) is 35.5 Å². The molecule has 0 fully saturated rings. The quantitative estimate of drug-likeness (QED) is 0.452. The molecule has 0 atom stereocenters. The van der Waals surface area contributed by atoms with Crippen molar-refractivity contribution >= 4 is 21.9 Å². The van der Waals surface area contributed by atoms with Crippen molar-refractivity contribution in [1.82, 2.24) is 0 Å². The van der Waals surface area contributed by atoms with Gasteiger partial charge in [-0.3, -0.25) is 0 Å². The maximum Gasteiger partial charge on any atom is 0.341 e. The third-order valence-corrected chi connectivity index (χ3v) is 3.40. The molecule has 0 N–H and O–H groups in total. The van der Waals surface area contributed by atoms with Crippen molar-refractivity contribution in [3.05, 3.63) is 64.7 Å². The van der Waals surface area contributed by atoms with E-state index in [0.717, 1.165) is 16.7 Å². The first-order chi connectivity index (χ1) is 11.7. The Kier molecular flexibility index (Phi) is 6.49. The average molecular weight is 383 g/mol. The molecule has 0 aromatic heterocycles. The van der Waals surface area contributed by atoms with Crippen LogP contribution in [-0.4, -0.2) is 25.5 Å². The SMILES string of the molecule is COC(=O)c1ccc(C#Cc2cccc(C#CCBr)c2)cc1OC. The van der Waals surface area contributed by atoms with Crippen LogP contribution in [0.25, 0.3) is 0 Å². The number of hydrogen-bond donors (Lipinski definition) is 0. The van der Waals surface area contributed by atoms with Crippen LogP contribution in [0.2, 0.25) is 0 Å². The first-order valence-corrected chi connectivity index (χ1v) is 8.23. The van der Waals surface area contributed by atoms with Crippen LogP contribution < -0.4 is 4.74 Å². The molecule has 0 heterocycles. The van der Waals surface area contributed by atoms with Gasteiger partial charge in [-0.1, -0.05) is 45.7 Å². The third kappa shape index (κ3) is 4.65. The van der Waals surface area contributed by atoms with Crippen molar-refractivity contribution in [2.24, 2.45) is 0 Å². The molecule has 0 bridgehead atoms. The number of ether oxygens (including phenoxy) is 2. The van der Waals surface area contributed by atoms with Gasteiger partial charge in [0.25, 0.3) is 0 Å². The zero-order chi connectivity index (χ0) is 17.4. The Morgan fingerprint density at radius 3 is 2.29 bits per heavy atom. The van der Waals surface area contributed by atoms with Crippen LogP contribution in [0.15, 0.2) is 42.5 Å². The Labute approximate surface area is 150 Å². The highest BCUT2D eigenvalue weighted by atomic mass is 79.9. The van der Waals surface area contributed by atoms with Gasteiger partial charge in [0.05, 0.1) is 19.5 Å². The average Bonchev–Trinajstić information content (AvgIpc) is 2.64. The molecule has 0 aliphatic rings. The fraction of sp³-hybridized carbons (Fsp3) is 0.150. The Hall–Kier alpha value is -2.69. The van der Waals surface area contributed by atoms with Crippen LogP contribution in [0.5, 0.6) is 5.75 Å².